The van der Waals surface area contributed by atoms with Crippen molar-refractivity contribution < 1.29 is 8.42 Å². The molecule has 2 N–H and O–H groups in total. The first kappa shape index (κ1) is 12.7. The highest BCUT2D eigenvalue weighted by Crippen LogP contribution is 2.28. The Bertz CT molecular complexity index is 475. The first-order valence-electron chi connectivity index (χ1n) is 4.45. The Morgan fingerprint density at radius 3 is 2.20 bits per heavy atom. The van der Waals surface area contributed by atoms with Gasteiger partial charge in [0, 0.05) is 4.47 Å². The predicted molar refractivity (Wildman–Crippen MR) is 64.2 cm³/mol. The van der Waals surface area contributed by atoms with Crippen molar-refractivity contribution in [1.82, 2.24) is 0 Å². The summed E-state index contributed by atoms with van der Waals surface area (Å²) in [6, 6.07) is 5.21. The molecule has 0 atom stereocenters. The van der Waals surface area contributed by atoms with Gasteiger partial charge < -0.3 is 0 Å². The fraction of sp³-hybridized carbons (Fsp3) is 0.400. The van der Waals surface area contributed by atoms with Crippen LogP contribution in [0.5, 0.6) is 0 Å². The van der Waals surface area contributed by atoms with Crippen LogP contribution in [-0.2, 0) is 15.4 Å². The van der Waals surface area contributed by atoms with E-state index in [0.29, 0.717) is 4.47 Å². The molecule has 0 bridgehead atoms. The van der Waals surface area contributed by atoms with Crippen LogP contribution in [-0.4, -0.2) is 8.42 Å². The van der Waals surface area contributed by atoms with Gasteiger partial charge in [0.2, 0.25) is 10.0 Å². The molecule has 0 saturated carbocycles. The monoisotopic (exact) mass is 291 g/mol. The van der Waals surface area contributed by atoms with Gasteiger partial charge in [-0.3, -0.25) is 0 Å². The summed E-state index contributed by atoms with van der Waals surface area (Å²) in [7, 11) is -3.66. The molecular formula is C10H14BrNO2S. The lowest BCUT2D eigenvalue weighted by atomic mass is 9.87. The minimum Gasteiger partial charge on any atom is -0.225 e. The van der Waals surface area contributed by atoms with E-state index >= 15 is 0 Å². The van der Waals surface area contributed by atoms with Crippen LogP contribution >= 0.6 is 15.9 Å². The Morgan fingerprint density at radius 2 is 1.80 bits per heavy atom. The number of hydrogen-bond acceptors (Lipinski definition) is 2. The van der Waals surface area contributed by atoms with Crippen molar-refractivity contribution >= 4 is 26.0 Å². The van der Waals surface area contributed by atoms with Crippen molar-refractivity contribution in [2.24, 2.45) is 5.14 Å². The van der Waals surface area contributed by atoms with Gasteiger partial charge in [0.05, 0.1) is 4.90 Å². The van der Waals surface area contributed by atoms with Crippen LogP contribution in [0.2, 0.25) is 0 Å². The molecule has 5 heteroatoms. The Morgan fingerprint density at radius 1 is 1.27 bits per heavy atom. The van der Waals surface area contributed by atoms with Crippen molar-refractivity contribution in [1.29, 1.82) is 0 Å². The maximum absolute atomic E-state index is 11.3. The van der Waals surface area contributed by atoms with Crippen molar-refractivity contribution in [3.8, 4) is 0 Å². The molecule has 0 fully saturated rings. The van der Waals surface area contributed by atoms with E-state index in [1.165, 1.54) is 0 Å². The number of halogens is 1. The van der Waals surface area contributed by atoms with E-state index in [0.717, 1.165) is 5.56 Å². The van der Waals surface area contributed by atoms with E-state index in [4.69, 9.17) is 5.14 Å². The average molecular weight is 292 g/mol. The lowest BCUT2D eigenvalue weighted by Gasteiger charge is -2.19. The smallest absolute Gasteiger partial charge is 0.225 e. The molecule has 0 aliphatic heterocycles. The van der Waals surface area contributed by atoms with E-state index in [1.807, 2.05) is 26.8 Å². The summed E-state index contributed by atoms with van der Waals surface area (Å²) >= 11 is 3.17. The third-order valence-electron chi connectivity index (χ3n) is 2.10. The van der Waals surface area contributed by atoms with Crippen molar-refractivity contribution in [3.05, 3.63) is 28.2 Å². The van der Waals surface area contributed by atoms with Gasteiger partial charge in [-0.25, -0.2) is 13.6 Å². The van der Waals surface area contributed by atoms with E-state index in [-0.39, 0.29) is 10.3 Å². The third-order valence-corrected chi connectivity index (χ3v) is 4.01. The summed E-state index contributed by atoms with van der Waals surface area (Å²) in [5.41, 5.74) is 0.842. The molecule has 3 nitrogen and oxygen atoms in total. The SMILES string of the molecule is CC(C)(C)c1ccc(Br)c(S(N)(=O)=O)c1. The van der Waals surface area contributed by atoms with Crippen LogP contribution in [0.25, 0.3) is 0 Å². The fourth-order valence-electron chi connectivity index (χ4n) is 1.19. The summed E-state index contributed by atoms with van der Waals surface area (Å²) in [6.45, 7) is 6.05. The number of hydrogen-bond donors (Lipinski definition) is 1. The maximum Gasteiger partial charge on any atom is 0.239 e. The topological polar surface area (TPSA) is 60.2 Å². The van der Waals surface area contributed by atoms with Gasteiger partial charge in [0.25, 0.3) is 0 Å². The van der Waals surface area contributed by atoms with Gasteiger partial charge in [0.1, 0.15) is 0 Å². The van der Waals surface area contributed by atoms with E-state index in [2.05, 4.69) is 15.9 Å². The summed E-state index contributed by atoms with van der Waals surface area (Å²) in [5.74, 6) is 0. The Hall–Kier alpha value is -0.390. The van der Waals surface area contributed by atoms with Gasteiger partial charge in [0.15, 0.2) is 0 Å². The molecule has 84 valence electrons. The summed E-state index contributed by atoms with van der Waals surface area (Å²) in [4.78, 5) is 0.134. The minimum absolute atomic E-state index is 0.0971. The molecule has 0 aliphatic rings. The van der Waals surface area contributed by atoms with Crippen LogP contribution in [0, 0.1) is 0 Å². The molecule has 0 aromatic heterocycles. The van der Waals surface area contributed by atoms with Crippen molar-refractivity contribution in [2.75, 3.05) is 0 Å². The largest absolute Gasteiger partial charge is 0.239 e. The van der Waals surface area contributed by atoms with Crippen LogP contribution in [0.3, 0.4) is 0 Å². The first-order valence-corrected chi connectivity index (χ1v) is 6.79. The number of sulfonamides is 1. The Balaban J connectivity index is 3.43. The zero-order chi connectivity index (χ0) is 11.9. The molecule has 1 rings (SSSR count). The van der Waals surface area contributed by atoms with Gasteiger partial charge in [-0.1, -0.05) is 26.8 Å². The lowest BCUT2D eigenvalue weighted by Crippen LogP contribution is -2.16. The second kappa shape index (κ2) is 3.88. The number of primary sulfonamides is 1. The van der Waals surface area contributed by atoms with E-state index in [1.54, 1.807) is 12.1 Å². The van der Waals surface area contributed by atoms with Gasteiger partial charge in [-0.2, -0.15) is 0 Å². The number of nitrogens with two attached hydrogens (primary N) is 1. The van der Waals surface area contributed by atoms with Crippen molar-refractivity contribution in [2.45, 2.75) is 31.1 Å². The van der Waals surface area contributed by atoms with Crippen LogP contribution in [0.15, 0.2) is 27.6 Å². The fourth-order valence-corrected chi connectivity index (χ4v) is 2.74. The van der Waals surface area contributed by atoms with Crippen molar-refractivity contribution in [3.63, 3.8) is 0 Å². The Kier molecular flexibility index (Phi) is 3.28. The standard InChI is InChI=1S/C10H14BrNO2S/c1-10(2,3)7-4-5-8(11)9(6-7)15(12,13)14/h4-6H,1-3H3,(H2,12,13,14). The molecule has 0 radical (unpaired) electrons. The first-order chi connectivity index (χ1) is 6.62. The molecule has 0 saturated heterocycles. The summed E-state index contributed by atoms with van der Waals surface area (Å²) in [5, 5.41) is 5.11. The molecule has 0 heterocycles. The van der Waals surface area contributed by atoms with Gasteiger partial charge >= 0.3 is 0 Å². The summed E-state index contributed by atoms with van der Waals surface area (Å²) in [6.07, 6.45) is 0. The zero-order valence-corrected chi connectivity index (χ0v) is 11.3. The van der Waals surface area contributed by atoms with Gasteiger partial charge in [-0.15, -0.1) is 0 Å². The molecule has 15 heavy (non-hydrogen) atoms. The Labute approximate surface area is 98.9 Å². The molecule has 1 aromatic rings. The molecule has 1 aromatic carbocycles. The highest BCUT2D eigenvalue weighted by Gasteiger charge is 2.19. The predicted octanol–water partition coefficient (Wildman–Crippen LogP) is 2.39. The van der Waals surface area contributed by atoms with Crippen LogP contribution in [0.1, 0.15) is 26.3 Å². The normalized spacial score (nSPS) is 12.9. The molecule has 0 aliphatic carbocycles. The zero-order valence-electron chi connectivity index (χ0n) is 8.91. The highest BCUT2D eigenvalue weighted by molar-refractivity contribution is 9.10. The van der Waals surface area contributed by atoms with E-state index in [9.17, 15) is 8.42 Å². The van der Waals surface area contributed by atoms with Crippen LogP contribution < -0.4 is 5.14 Å². The molecule has 0 amide bonds. The van der Waals surface area contributed by atoms with E-state index < -0.39 is 10.0 Å². The van der Waals surface area contributed by atoms with Gasteiger partial charge in [-0.05, 0) is 39.0 Å². The molecular weight excluding hydrogens is 278 g/mol. The maximum atomic E-state index is 11.3. The second-order valence-corrected chi connectivity index (χ2v) is 6.82. The number of rotatable bonds is 1. The summed E-state index contributed by atoms with van der Waals surface area (Å²) < 4.78 is 23.1. The second-order valence-electron chi connectivity index (χ2n) is 4.44. The molecule has 0 unspecified atom stereocenters. The van der Waals surface area contributed by atoms with Crippen LogP contribution in [0.4, 0.5) is 0 Å². The molecule has 0 spiro atoms. The quantitative estimate of drug-likeness (QED) is 0.864. The third kappa shape index (κ3) is 3.03. The lowest BCUT2D eigenvalue weighted by molar-refractivity contribution is 0.583. The highest BCUT2D eigenvalue weighted by atomic mass is 79.9. The minimum atomic E-state index is -3.66. The average Bonchev–Trinajstić information content (AvgIpc) is 2.00. The number of benzene rings is 1.